The Balaban J connectivity index is 0. The minimum atomic E-state index is -0.913. The fourth-order valence-electron chi connectivity index (χ4n) is 0.368. The smallest absolute Gasteiger partial charge is 0.320 e. The second kappa shape index (κ2) is 7.99. The third-order valence-electron chi connectivity index (χ3n) is 0.950. The van der Waals surface area contributed by atoms with Crippen LogP contribution in [0, 0.1) is 0 Å². The number of nitrogens with two attached hydrogens (primary N) is 1. The summed E-state index contributed by atoms with van der Waals surface area (Å²) < 4.78 is 0. The molecular weight excluding hydrogens is 227 g/mol. The van der Waals surface area contributed by atoms with Gasteiger partial charge in [0.05, 0.1) is 0 Å². The summed E-state index contributed by atoms with van der Waals surface area (Å²) in [5, 5.41) is 8.27. The number of hydrogen-bond donors (Lipinski definition) is 2. The zero-order valence-corrected chi connectivity index (χ0v) is 9.56. The van der Waals surface area contributed by atoms with Crippen LogP contribution in [0.15, 0.2) is 0 Å². The van der Waals surface area contributed by atoms with Crippen LogP contribution in [0.2, 0.25) is 0 Å². The van der Waals surface area contributed by atoms with Crippen molar-refractivity contribution < 1.29 is 42.6 Å². The van der Waals surface area contributed by atoms with E-state index in [0.717, 1.165) is 5.75 Å². The molecule has 0 heterocycles. The Bertz CT molecular complexity index is 102. The van der Waals surface area contributed by atoms with E-state index >= 15 is 0 Å². The molecule has 1 atom stereocenters. The number of aliphatic carboxylic acids is 1. The first-order valence-corrected chi connectivity index (χ1v) is 4.05. The number of carboxylic acid groups (broad SMARTS) is 1. The fourth-order valence-corrected chi connectivity index (χ4v) is 0.858. The zero-order chi connectivity index (χ0) is 7.28. The maximum atomic E-state index is 10.1. The summed E-state index contributed by atoms with van der Waals surface area (Å²) in [4.78, 5) is 10.1. The van der Waals surface area contributed by atoms with Crippen molar-refractivity contribution in [2.24, 2.45) is 5.73 Å². The van der Waals surface area contributed by atoms with E-state index in [-0.39, 0.29) is 32.7 Å². The Morgan fingerprint density at radius 3 is 2.60 bits per heavy atom. The number of carboxylic acids is 1. The average molecular weight is 238 g/mol. The van der Waals surface area contributed by atoms with E-state index in [1.165, 1.54) is 0 Å². The standard InChI is InChI=1S/C5H11NO2S.Y/c1-9-3-2-4(6)5(7)8;/h4H,2-3,6H2,1H3,(H,7,8);/t4-;/m0./s1. The molecule has 57 valence electrons. The molecule has 1 radical (unpaired) electrons. The van der Waals surface area contributed by atoms with Crippen molar-refractivity contribution in [2.45, 2.75) is 12.5 Å². The van der Waals surface area contributed by atoms with Gasteiger partial charge in [-0.25, -0.2) is 0 Å². The van der Waals surface area contributed by atoms with Crippen LogP contribution in [0.4, 0.5) is 0 Å². The Morgan fingerprint density at radius 2 is 2.30 bits per heavy atom. The van der Waals surface area contributed by atoms with Crippen LogP contribution in [0.5, 0.6) is 0 Å². The zero-order valence-electron chi connectivity index (χ0n) is 5.91. The summed E-state index contributed by atoms with van der Waals surface area (Å²) in [5.41, 5.74) is 5.19. The molecule has 0 spiro atoms. The van der Waals surface area contributed by atoms with Crippen molar-refractivity contribution in [3.05, 3.63) is 0 Å². The third-order valence-corrected chi connectivity index (χ3v) is 1.59. The van der Waals surface area contributed by atoms with Crippen molar-refractivity contribution in [1.29, 1.82) is 0 Å². The second-order valence-corrected chi connectivity index (χ2v) is 2.71. The minimum absolute atomic E-state index is 0. The molecule has 3 N–H and O–H groups in total. The van der Waals surface area contributed by atoms with E-state index in [1.54, 1.807) is 11.8 Å². The number of rotatable bonds is 4. The molecule has 0 aromatic rings. The SMILES string of the molecule is CSCC[C@H](N)C(=O)O.[Y]. The summed E-state index contributed by atoms with van der Waals surface area (Å²) in [6.45, 7) is 0. The molecule has 0 aromatic heterocycles. The molecule has 0 rings (SSSR count). The van der Waals surface area contributed by atoms with Crippen molar-refractivity contribution in [1.82, 2.24) is 0 Å². The Labute approximate surface area is 90.0 Å². The summed E-state index contributed by atoms with van der Waals surface area (Å²) >= 11 is 1.60. The topological polar surface area (TPSA) is 63.3 Å². The fraction of sp³-hybridized carbons (Fsp3) is 0.800. The van der Waals surface area contributed by atoms with E-state index in [9.17, 15) is 4.79 Å². The van der Waals surface area contributed by atoms with Gasteiger partial charge in [0.25, 0.3) is 0 Å². The first-order chi connectivity index (χ1) is 4.18. The van der Waals surface area contributed by atoms with Crippen LogP contribution in [0.25, 0.3) is 0 Å². The molecule has 5 heteroatoms. The van der Waals surface area contributed by atoms with E-state index in [1.807, 2.05) is 6.26 Å². The van der Waals surface area contributed by atoms with Crippen molar-refractivity contribution in [3.63, 3.8) is 0 Å². The van der Waals surface area contributed by atoms with Gasteiger partial charge in [-0.2, -0.15) is 11.8 Å². The summed E-state index contributed by atoms with van der Waals surface area (Å²) in [5.74, 6) is -0.1000. The second-order valence-electron chi connectivity index (χ2n) is 1.73. The van der Waals surface area contributed by atoms with Crippen LogP contribution in [-0.2, 0) is 37.5 Å². The number of thioether (sulfide) groups is 1. The Kier molecular flexibility index (Phi) is 10.8. The van der Waals surface area contributed by atoms with Gasteiger partial charge >= 0.3 is 5.97 Å². The molecule has 0 unspecified atom stereocenters. The minimum Gasteiger partial charge on any atom is -0.480 e. The molecule has 0 fully saturated rings. The van der Waals surface area contributed by atoms with Crippen LogP contribution in [0.3, 0.4) is 0 Å². The molecule has 3 nitrogen and oxygen atoms in total. The molecule has 10 heavy (non-hydrogen) atoms. The average Bonchev–Trinajstić information content (AvgIpc) is 1.82. The predicted molar refractivity (Wildman–Crippen MR) is 38.6 cm³/mol. The van der Waals surface area contributed by atoms with Gasteiger partial charge < -0.3 is 10.8 Å². The monoisotopic (exact) mass is 238 g/mol. The van der Waals surface area contributed by atoms with Crippen LogP contribution < -0.4 is 5.73 Å². The summed E-state index contributed by atoms with van der Waals surface area (Å²) in [6.07, 6.45) is 2.48. The van der Waals surface area contributed by atoms with E-state index in [0.29, 0.717) is 6.42 Å². The van der Waals surface area contributed by atoms with Gasteiger partial charge in [-0.3, -0.25) is 4.79 Å². The largest absolute Gasteiger partial charge is 0.480 e. The van der Waals surface area contributed by atoms with Gasteiger partial charge in [-0.05, 0) is 18.4 Å². The van der Waals surface area contributed by atoms with E-state index in [2.05, 4.69) is 0 Å². The summed E-state index contributed by atoms with van der Waals surface area (Å²) in [6, 6.07) is -0.683. The molecule has 0 amide bonds. The molecule has 0 bridgehead atoms. The van der Waals surface area contributed by atoms with E-state index in [4.69, 9.17) is 10.8 Å². The maximum absolute atomic E-state index is 10.1. The maximum Gasteiger partial charge on any atom is 0.320 e. The molecule has 0 aliphatic carbocycles. The molecule has 0 saturated carbocycles. The van der Waals surface area contributed by atoms with Gasteiger partial charge in [-0.15, -0.1) is 0 Å². The summed E-state index contributed by atoms with van der Waals surface area (Å²) in [7, 11) is 0. The van der Waals surface area contributed by atoms with Gasteiger partial charge in [-0.1, -0.05) is 0 Å². The van der Waals surface area contributed by atoms with Crippen molar-refractivity contribution in [3.8, 4) is 0 Å². The number of carbonyl (C=O) groups is 1. The first kappa shape index (κ1) is 13.5. The van der Waals surface area contributed by atoms with Gasteiger partial charge in [0.2, 0.25) is 0 Å². The number of hydrogen-bond acceptors (Lipinski definition) is 3. The van der Waals surface area contributed by atoms with Gasteiger partial charge in [0.15, 0.2) is 0 Å². The molecular formula is C5H11NO2SY. The van der Waals surface area contributed by atoms with Crippen LogP contribution in [-0.4, -0.2) is 29.1 Å². The predicted octanol–water partition coefficient (Wildman–Crippen LogP) is 0.149. The van der Waals surface area contributed by atoms with Crippen LogP contribution >= 0.6 is 11.8 Å². The molecule has 0 aliphatic rings. The van der Waals surface area contributed by atoms with Gasteiger partial charge in [0, 0.05) is 32.7 Å². The quantitative estimate of drug-likeness (QED) is 0.731. The molecule has 0 aromatic carbocycles. The third kappa shape index (κ3) is 7.00. The van der Waals surface area contributed by atoms with Crippen molar-refractivity contribution in [2.75, 3.05) is 12.0 Å². The Morgan fingerprint density at radius 1 is 1.80 bits per heavy atom. The Hall–Kier alpha value is 0.884. The normalized spacial score (nSPS) is 11.8. The van der Waals surface area contributed by atoms with Crippen molar-refractivity contribution >= 4 is 17.7 Å². The molecule has 0 aliphatic heterocycles. The molecule has 0 saturated heterocycles. The van der Waals surface area contributed by atoms with Gasteiger partial charge in [0.1, 0.15) is 6.04 Å². The first-order valence-electron chi connectivity index (χ1n) is 2.65. The van der Waals surface area contributed by atoms with Crippen LogP contribution in [0.1, 0.15) is 6.42 Å². The van der Waals surface area contributed by atoms with E-state index < -0.39 is 12.0 Å².